The second-order valence-electron chi connectivity index (χ2n) is 2.33. The Labute approximate surface area is 84.8 Å². The molecule has 76 valence electrons. The van der Waals surface area contributed by atoms with Crippen LogP contribution in [0.3, 0.4) is 0 Å². The van der Waals surface area contributed by atoms with Gasteiger partial charge in [-0.15, -0.1) is 4.24 Å². The molecule has 0 aliphatic carbocycles. The minimum Gasteiger partial charge on any atom is -0.258 e. The van der Waals surface area contributed by atoms with E-state index in [1.807, 2.05) is 0 Å². The number of nitrogens with zero attached hydrogens (tertiary/aromatic N) is 1. The van der Waals surface area contributed by atoms with Crippen molar-refractivity contribution in [3.05, 3.63) is 34.4 Å². The van der Waals surface area contributed by atoms with E-state index in [4.69, 9.17) is 11.8 Å². The van der Waals surface area contributed by atoms with Crippen molar-refractivity contribution in [1.82, 2.24) is 4.24 Å². The molecule has 6 nitrogen and oxygen atoms in total. The van der Waals surface area contributed by atoms with Gasteiger partial charge in [0.15, 0.2) is 0 Å². The third-order valence-corrected chi connectivity index (χ3v) is 3.16. The van der Waals surface area contributed by atoms with Gasteiger partial charge >= 0.3 is 0 Å². The number of hydrogen-bond donors (Lipinski definition) is 1. The monoisotopic (exact) mass is 236 g/mol. The summed E-state index contributed by atoms with van der Waals surface area (Å²) < 4.78 is 23.7. The van der Waals surface area contributed by atoms with Crippen molar-refractivity contribution in [3.63, 3.8) is 0 Å². The number of hydrogen-bond acceptors (Lipinski definition) is 4. The molecule has 0 fully saturated rings. The van der Waals surface area contributed by atoms with Crippen LogP contribution in [0.25, 0.3) is 0 Å². The zero-order chi connectivity index (χ0) is 10.8. The Morgan fingerprint density at radius 2 is 1.79 bits per heavy atom. The molecule has 0 saturated carbocycles. The molecule has 0 bridgehead atoms. The zero-order valence-corrected chi connectivity index (χ0v) is 8.25. The fourth-order valence-corrected chi connectivity index (χ4v) is 1.64. The molecule has 0 atom stereocenters. The van der Waals surface area contributed by atoms with Crippen LogP contribution in [0.4, 0.5) is 5.69 Å². The van der Waals surface area contributed by atoms with Gasteiger partial charge < -0.3 is 0 Å². The average Bonchev–Trinajstić information content (AvgIpc) is 2.18. The maximum atomic E-state index is 11.1. The normalized spacial score (nSPS) is 11.2. The minimum atomic E-state index is -3.75. The van der Waals surface area contributed by atoms with Gasteiger partial charge in [0, 0.05) is 12.1 Å². The van der Waals surface area contributed by atoms with Crippen LogP contribution in [-0.4, -0.2) is 13.3 Å². The summed E-state index contributed by atoms with van der Waals surface area (Å²) in [5, 5.41) is 10.2. The van der Waals surface area contributed by atoms with Gasteiger partial charge in [0.05, 0.1) is 9.82 Å². The first kappa shape index (κ1) is 10.9. The summed E-state index contributed by atoms with van der Waals surface area (Å²) in [5.74, 6) is 0. The van der Waals surface area contributed by atoms with E-state index in [0.717, 1.165) is 24.3 Å². The van der Waals surface area contributed by atoms with Crippen molar-refractivity contribution in [3.8, 4) is 0 Å². The molecule has 0 aromatic heterocycles. The highest BCUT2D eigenvalue weighted by atomic mass is 35.5. The molecule has 1 aromatic rings. The summed E-state index contributed by atoms with van der Waals surface area (Å²) in [7, 11) is -3.75. The van der Waals surface area contributed by atoms with E-state index in [-0.39, 0.29) is 10.6 Å². The third-order valence-electron chi connectivity index (χ3n) is 1.46. The highest BCUT2D eigenvalue weighted by Crippen LogP contribution is 2.15. The van der Waals surface area contributed by atoms with Crippen molar-refractivity contribution < 1.29 is 13.3 Å². The summed E-state index contributed by atoms with van der Waals surface area (Å²) in [6.45, 7) is 0. The molecular formula is C6H5ClN2O4S. The lowest BCUT2D eigenvalue weighted by Gasteiger charge is -1.99. The Kier molecular flexibility index (Phi) is 3.04. The van der Waals surface area contributed by atoms with Crippen molar-refractivity contribution in [2.45, 2.75) is 4.90 Å². The van der Waals surface area contributed by atoms with Crippen LogP contribution in [0, 0.1) is 10.1 Å². The Balaban J connectivity index is 3.12. The largest absolute Gasteiger partial charge is 0.269 e. The van der Waals surface area contributed by atoms with Crippen molar-refractivity contribution in [2.24, 2.45) is 0 Å². The number of nitrogens with one attached hydrogen (secondary N) is 1. The number of non-ortho nitro benzene ring substituents is 1. The number of halogens is 1. The summed E-state index contributed by atoms with van der Waals surface area (Å²) >= 11 is 4.96. The van der Waals surface area contributed by atoms with Gasteiger partial charge in [-0.3, -0.25) is 10.1 Å². The van der Waals surface area contributed by atoms with E-state index in [1.165, 1.54) is 0 Å². The van der Waals surface area contributed by atoms with Crippen LogP contribution in [0.2, 0.25) is 0 Å². The standard InChI is InChI=1S/C6H5ClN2O4S/c7-8-14(12,13)6-3-1-5(2-4-6)9(10)11/h1-4,8H. The molecule has 0 spiro atoms. The third kappa shape index (κ3) is 2.19. The first-order valence-corrected chi connectivity index (χ1v) is 5.20. The Hall–Kier alpha value is -1.18. The number of nitro benzene ring substituents is 1. The Morgan fingerprint density at radius 1 is 1.29 bits per heavy atom. The summed E-state index contributed by atoms with van der Waals surface area (Å²) in [6, 6.07) is 4.37. The summed E-state index contributed by atoms with van der Waals surface area (Å²) in [4.78, 5) is 9.50. The molecule has 1 rings (SSSR count). The molecule has 8 heteroatoms. The van der Waals surface area contributed by atoms with Crippen LogP contribution in [-0.2, 0) is 10.0 Å². The summed E-state index contributed by atoms with van der Waals surface area (Å²) in [5.41, 5.74) is -0.182. The molecule has 1 aromatic carbocycles. The fourth-order valence-electron chi connectivity index (χ4n) is 0.792. The van der Waals surface area contributed by atoms with Crippen molar-refractivity contribution in [1.29, 1.82) is 0 Å². The van der Waals surface area contributed by atoms with E-state index in [9.17, 15) is 18.5 Å². The van der Waals surface area contributed by atoms with Gasteiger partial charge in [-0.25, -0.2) is 8.42 Å². The zero-order valence-electron chi connectivity index (χ0n) is 6.68. The first-order chi connectivity index (χ1) is 6.47. The lowest BCUT2D eigenvalue weighted by Crippen LogP contribution is -2.13. The van der Waals surface area contributed by atoms with Crippen LogP contribution >= 0.6 is 11.8 Å². The van der Waals surface area contributed by atoms with Gasteiger partial charge in [0.1, 0.15) is 0 Å². The van der Waals surface area contributed by atoms with Crippen molar-refractivity contribution >= 4 is 27.5 Å². The predicted molar refractivity (Wildman–Crippen MR) is 49.3 cm³/mol. The van der Waals surface area contributed by atoms with Crippen molar-refractivity contribution in [2.75, 3.05) is 0 Å². The first-order valence-electron chi connectivity index (χ1n) is 3.34. The Morgan fingerprint density at radius 3 is 2.14 bits per heavy atom. The molecule has 0 aliphatic rings. The molecule has 0 radical (unpaired) electrons. The van der Waals surface area contributed by atoms with Crippen LogP contribution in [0.1, 0.15) is 0 Å². The summed E-state index contributed by atoms with van der Waals surface area (Å²) in [6.07, 6.45) is 0. The number of rotatable bonds is 3. The predicted octanol–water partition coefficient (Wildman–Crippen LogP) is 1.03. The van der Waals surface area contributed by atoms with Gasteiger partial charge in [0.2, 0.25) is 0 Å². The molecule has 0 saturated heterocycles. The SMILES string of the molecule is O=[N+]([O-])c1ccc(S(=O)(=O)NCl)cc1. The van der Waals surface area contributed by atoms with Crippen LogP contribution in [0.5, 0.6) is 0 Å². The molecule has 0 aliphatic heterocycles. The molecular weight excluding hydrogens is 232 g/mol. The van der Waals surface area contributed by atoms with Gasteiger partial charge in [0.25, 0.3) is 15.7 Å². The molecule has 1 N–H and O–H groups in total. The fraction of sp³-hybridized carbons (Fsp3) is 0. The lowest BCUT2D eigenvalue weighted by molar-refractivity contribution is -0.384. The quantitative estimate of drug-likeness (QED) is 0.482. The minimum absolute atomic E-state index is 0.127. The van der Waals surface area contributed by atoms with Crippen LogP contribution < -0.4 is 4.24 Å². The molecule has 14 heavy (non-hydrogen) atoms. The highest BCUT2D eigenvalue weighted by molar-refractivity contribution is 7.90. The maximum absolute atomic E-state index is 11.1. The average molecular weight is 237 g/mol. The molecule has 0 heterocycles. The highest BCUT2D eigenvalue weighted by Gasteiger charge is 2.13. The van der Waals surface area contributed by atoms with Gasteiger partial charge in [-0.2, -0.15) is 0 Å². The topological polar surface area (TPSA) is 89.3 Å². The second kappa shape index (κ2) is 3.91. The maximum Gasteiger partial charge on any atom is 0.269 e. The van der Waals surface area contributed by atoms with E-state index < -0.39 is 14.9 Å². The lowest BCUT2D eigenvalue weighted by atomic mass is 10.3. The van der Waals surface area contributed by atoms with E-state index in [2.05, 4.69) is 0 Å². The number of sulfonamides is 1. The smallest absolute Gasteiger partial charge is 0.258 e. The van der Waals surface area contributed by atoms with Crippen LogP contribution in [0.15, 0.2) is 29.2 Å². The number of nitro groups is 1. The number of benzene rings is 1. The molecule has 0 amide bonds. The van der Waals surface area contributed by atoms with E-state index >= 15 is 0 Å². The Bertz CT molecular complexity index is 441. The van der Waals surface area contributed by atoms with E-state index in [0.29, 0.717) is 0 Å². The van der Waals surface area contributed by atoms with E-state index in [1.54, 1.807) is 4.24 Å². The van der Waals surface area contributed by atoms with Gasteiger partial charge in [-0.1, -0.05) is 0 Å². The van der Waals surface area contributed by atoms with Gasteiger partial charge in [-0.05, 0) is 23.9 Å². The molecule has 0 unspecified atom stereocenters. The second-order valence-corrected chi connectivity index (χ2v) is 4.43.